The molecule has 1 aliphatic carbocycles. The van der Waals surface area contributed by atoms with Crippen LogP contribution < -0.4 is 0 Å². The van der Waals surface area contributed by atoms with Gasteiger partial charge in [0.1, 0.15) is 0 Å². The SMILES string of the molecule is [2H]C([2H])=C([C@H]1C=C[C@](O)(C([2H])([2H])[2H])CC1)C([2H])([2H])[2H]. The van der Waals surface area contributed by atoms with Gasteiger partial charge in [-0.1, -0.05) is 24.3 Å². The van der Waals surface area contributed by atoms with Gasteiger partial charge in [-0.3, -0.25) is 0 Å². The molecule has 0 heterocycles. The summed E-state index contributed by atoms with van der Waals surface area (Å²) in [5, 5.41) is 9.95. The lowest BCUT2D eigenvalue weighted by atomic mass is 9.84. The molecule has 1 N–H and O–H groups in total. The minimum Gasteiger partial charge on any atom is -0.386 e. The van der Waals surface area contributed by atoms with Crippen molar-refractivity contribution >= 4 is 0 Å². The number of hydrogen-bond acceptors (Lipinski definition) is 1. The van der Waals surface area contributed by atoms with E-state index in [0.29, 0.717) is 0 Å². The van der Waals surface area contributed by atoms with Gasteiger partial charge in [-0.2, -0.15) is 0 Å². The van der Waals surface area contributed by atoms with E-state index in [0.717, 1.165) is 6.08 Å². The van der Waals surface area contributed by atoms with E-state index < -0.39 is 31.8 Å². The maximum absolute atomic E-state index is 9.95. The Morgan fingerprint density at radius 1 is 2.00 bits per heavy atom. The number of rotatable bonds is 1. The minimum atomic E-state index is -2.58. The Balaban J connectivity index is 3.06. The molecule has 0 spiro atoms. The molecule has 0 saturated heterocycles. The second-order valence-corrected chi connectivity index (χ2v) is 2.84. The highest BCUT2D eigenvalue weighted by atomic mass is 16.3. The van der Waals surface area contributed by atoms with Crippen molar-refractivity contribution in [1.29, 1.82) is 0 Å². The summed E-state index contributed by atoms with van der Waals surface area (Å²) in [6.45, 7) is -5.93. The van der Waals surface area contributed by atoms with Crippen LogP contribution in [0.4, 0.5) is 0 Å². The first-order valence-electron chi connectivity index (χ1n) is 7.48. The summed E-state index contributed by atoms with van der Waals surface area (Å²) in [6, 6.07) is 0. The lowest BCUT2D eigenvalue weighted by Gasteiger charge is -2.27. The number of hydrogen-bond donors (Lipinski definition) is 1. The van der Waals surface area contributed by atoms with Gasteiger partial charge in [0.15, 0.2) is 0 Å². The van der Waals surface area contributed by atoms with Crippen LogP contribution in [0.1, 0.15) is 37.5 Å². The van der Waals surface area contributed by atoms with Crippen LogP contribution in [0.2, 0.25) is 0 Å². The first-order chi connectivity index (χ1) is 8.38. The predicted octanol–water partition coefficient (Wildman–Crippen LogP) is 2.28. The van der Waals surface area contributed by atoms with E-state index in [1.807, 2.05) is 0 Å². The van der Waals surface area contributed by atoms with Crippen LogP contribution in [-0.2, 0) is 0 Å². The third kappa shape index (κ3) is 2.19. The van der Waals surface area contributed by atoms with Crippen molar-refractivity contribution in [3.63, 3.8) is 0 Å². The second-order valence-electron chi connectivity index (χ2n) is 2.84. The third-order valence-corrected chi connectivity index (χ3v) is 1.81. The molecular formula is C10H16O. The highest BCUT2D eigenvalue weighted by Crippen LogP contribution is 2.28. The van der Waals surface area contributed by atoms with Crippen molar-refractivity contribution < 1.29 is 16.1 Å². The number of aliphatic hydroxyl groups is 1. The first kappa shape index (κ1) is 2.74. The molecule has 0 unspecified atom stereocenters. The van der Waals surface area contributed by atoms with Gasteiger partial charge in [-0.15, -0.1) is 0 Å². The fraction of sp³-hybridized carbons (Fsp3) is 0.600. The summed E-state index contributed by atoms with van der Waals surface area (Å²) in [5.74, 6) is -0.708. The lowest BCUT2D eigenvalue weighted by molar-refractivity contribution is 0.0903. The largest absolute Gasteiger partial charge is 0.386 e. The van der Waals surface area contributed by atoms with Gasteiger partial charge in [-0.25, -0.2) is 0 Å². The third-order valence-electron chi connectivity index (χ3n) is 1.81. The van der Waals surface area contributed by atoms with Gasteiger partial charge in [0.05, 0.1) is 8.34 Å². The van der Waals surface area contributed by atoms with Crippen molar-refractivity contribution in [2.75, 3.05) is 0 Å². The molecule has 1 heteroatoms. The Hall–Kier alpha value is -0.560. The summed E-state index contributed by atoms with van der Waals surface area (Å²) in [4.78, 5) is 0. The fourth-order valence-corrected chi connectivity index (χ4v) is 1.07. The zero-order valence-corrected chi connectivity index (χ0v) is 6.09. The van der Waals surface area contributed by atoms with Gasteiger partial charge in [0, 0.05) is 8.22 Å². The molecule has 2 atom stereocenters. The van der Waals surface area contributed by atoms with Crippen LogP contribution in [0.25, 0.3) is 0 Å². The van der Waals surface area contributed by atoms with E-state index in [1.165, 1.54) is 6.08 Å². The summed E-state index contributed by atoms with van der Waals surface area (Å²) < 4.78 is 58.1. The second kappa shape index (κ2) is 2.82. The lowest BCUT2D eigenvalue weighted by Crippen LogP contribution is -2.25. The van der Waals surface area contributed by atoms with Gasteiger partial charge >= 0.3 is 0 Å². The van der Waals surface area contributed by atoms with Crippen molar-refractivity contribution in [3.8, 4) is 0 Å². The van der Waals surface area contributed by atoms with E-state index in [2.05, 4.69) is 0 Å². The van der Waals surface area contributed by atoms with E-state index in [4.69, 9.17) is 11.0 Å². The molecule has 1 rings (SSSR count). The normalized spacial score (nSPS) is 49.7. The van der Waals surface area contributed by atoms with Crippen LogP contribution >= 0.6 is 0 Å². The minimum absolute atomic E-state index is 0.0837. The van der Waals surface area contributed by atoms with Crippen molar-refractivity contribution in [2.45, 2.75) is 32.1 Å². The maximum Gasteiger partial charge on any atom is 0.0800 e. The van der Waals surface area contributed by atoms with Gasteiger partial charge in [0.25, 0.3) is 0 Å². The van der Waals surface area contributed by atoms with Crippen LogP contribution in [0.3, 0.4) is 0 Å². The Morgan fingerprint density at radius 3 is 3.36 bits per heavy atom. The molecule has 1 aliphatic rings. The smallest absolute Gasteiger partial charge is 0.0800 e. The standard InChI is InChI=1S/C10H16O/c1-8(2)9-4-6-10(3,11)7-5-9/h4,6,9,11H,1,5,7H2,2-3H3/t9-,10+/m0/s1/i1D2,2D3,3D3. The molecule has 0 amide bonds. The Kier molecular flexibility index (Phi) is 0.702. The van der Waals surface area contributed by atoms with Crippen LogP contribution in [0, 0.1) is 5.92 Å². The zero-order chi connectivity index (χ0) is 15.1. The van der Waals surface area contributed by atoms with Crippen LogP contribution in [0.5, 0.6) is 0 Å². The quantitative estimate of drug-likeness (QED) is 0.583. The highest BCUT2D eigenvalue weighted by Gasteiger charge is 2.23. The molecule has 0 aromatic rings. The average Bonchev–Trinajstić information content (AvgIpc) is 2.17. The van der Waals surface area contributed by atoms with Gasteiger partial charge < -0.3 is 5.11 Å². The molecule has 0 fully saturated rings. The Bertz CT molecular complexity index is 401. The van der Waals surface area contributed by atoms with E-state index in [9.17, 15) is 5.11 Å². The average molecular weight is 160 g/mol. The molecule has 0 aliphatic heterocycles. The van der Waals surface area contributed by atoms with Gasteiger partial charge in [0.2, 0.25) is 0 Å². The van der Waals surface area contributed by atoms with Crippen molar-refractivity contribution in [3.05, 3.63) is 24.3 Å². The van der Waals surface area contributed by atoms with Gasteiger partial charge in [-0.05, 0) is 32.5 Å². The summed E-state index contributed by atoms with van der Waals surface area (Å²) in [5.41, 5.74) is -2.29. The summed E-state index contributed by atoms with van der Waals surface area (Å²) >= 11 is 0. The fourth-order valence-electron chi connectivity index (χ4n) is 1.07. The molecule has 0 aromatic carbocycles. The Morgan fingerprint density at radius 2 is 2.91 bits per heavy atom. The van der Waals surface area contributed by atoms with Crippen LogP contribution in [0.15, 0.2) is 24.3 Å². The van der Waals surface area contributed by atoms with E-state index in [1.54, 1.807) is 0 Å². The molecule has 1 nitrogen and oxygen atoms in total. The van der Waals surface area contributed by atoms with Crippen LogP contribution in [-0.4, -0.2) is 10.7 Å². The Labute approximate surface area is 79.7 Å². The molecular weight excluding hydrogens is 136 g/mol. The van der Waals surface area contributed by atoms with Crippen molar-refractivity contribution in [2.24, 2.45) is 5.92 Å². The molecule has 0 saturated carbocycles. The molecule has 62 valence electrons. The zero-order valence-electron chi connectivity index (χ0n) is 14.1. The highest BCUT2D eigenvalue weighted by molar-refractivity contribution is 5.14. The van der Waals surface area contributed by atoms with E-state index in [-0.39, 0.29) is 18.4 Å². The summed E-state index contributed by atoms with van der Waals surface area (Å²) in [7, 11) is 0. The maximum atomic E-state index is 9.95. The molecule has 11 heavy (non-hydrogen) atoms. The monoisotopic (exact) mass is 160 g/mol. The predicted molar refractivity (Wildman–Crippen MR) is 47.3 cm³/mol. The molecule has 0 aromatic heterocycles. The van der Waals surface area contributed by atoms with Crippen molar-refractivity contribution in [1.82, 2.24) is 0 Å². The number of allylic oxidation sites excluding steroid dienone is 2. The first-order valence-corrected chi connectivity index (χ1v) is 3.48. The molecule has 0 radical (unpaired) electrons. The van der Waals surface area contributed by atoms with E-state index >= 15 is 0 Å². The summed E-state index contributed by atoms with van der Waals surface area (Å²) in [6.07, 6.45) is 2.31. The topological polar surface area (TPSA) is 20.2 Å². The molecule has 0 bridgehead atoms.